The molecule has 2 rings (SSSR count). The van der Waals surface area contributed by atoms with Crippen molar-refractivity contribution >= 4 is 6.08 Å². The van der Waals surface area contributed by atoms with Crippen LogP contribution in [0.1, 0.15) is 26.3 Å². The van der Waals surface area contributed by atoms with Crippen LogP contribution in [0, 0.1) is 5.92 Å². The van der Waals surface area contributed by atoms with Crippen LogP contribution in [-0.4, -0.2) is 22.9 Å². The van der Waals surface area contributed by atoms with Crippen molar-refractivity contribution in [1.29, 1.82) is 0 Å². The van der Waals surface area contributed by atoms with E-state index in [0.717, 1.165) is 24.3 Å². The number of nitrogens with zero attached hydrogens (tertiary/aromatic N) is 2. The molecule has 0 aliphatic heterocycles. The number of likely N-dealkylation sites (N-methyl/N-ethyl adjacent to an activating group) is 1. The zero-order chi connectivity index (χ0) is 14.4. The first-order valence-electron chi connectivity index (χ1n) is 7.22. The highest BCUT2D eigenvalue weighted by atomic mass is 15.3. The van der Waals surface area contributed by atoms with Crippen molar-refractivity contribution in [2.45, 2.75) is 20.8 Å². The minimum Gasteiger partial charge on any atom is -0.313 e. The van der Waals surface area contributed by atoms with Gasteiger partial charge in [0.25, 0.3) is 0 Å². The molecule has 2 aromatic rings. The molecule has 0 radical (unpaired) electrons. The fourth-order valence-corrected chi connectivity index (χ4v) is 2.04. The second-order valence-electron chi connectivity index (χ2n) is 5.21. The second-order valence-corrected chi connectivity index (χ2v) is 5.21. The molecule has 1 aromatic carbocycles. The summed E-state index contributed by atoms with van der Waals surface area (Å²) in [4.78, 5) is 0. The Morgan fingerprint density at radius 3 is 2.70 bits per heavy atom. The molecule has 0 aliphatic carbocycles. The monoisotopic (exact) mass is 269 g/mol. The molecule has 0 amide bonds. The van der Waals surface area contributed by atoms with Gasteiger partial charge in [-0.15, -0.1) is 0 Å². The summed E-state index contributed by atoms with van der Waals surface area (Å²) in [5.41, 5.74) is 3.64. The molecule has 0 aliphatic rings. The van der Waals surface area contributed by atoms with Gasteiger partial charge in [0, 0.05) is 18.3 Å². The molecule has 1 aromatic heterocycles. The summed E-state index contributed by atoms with van der Waals surface area (Å²) in [5.74, 6) is 0.536. The minimum absolute atomic E-state index is 0.536. The van der Waals surface area contributed by atoms with Crippen LogP contribution in [0.15, 0.2) is 48.3 Å². The Morgan fingerprint density at radius 1 is 1.30 bits per heavy atom. The highest BCUT2D eigenvalue weighted by molar-refractivity contribution is 5.52. The third-order valence-corrected chi connectivity index (χ3v) is 3.30. The second kappa shape index (κ2) is 7.06. The van der Waals surface area contributed by atoms with Gasteiger partial charge in [0.2, 0.25) is 0 Å². The van der Waals surface area contributed by atoms with E-state index in [-0.39, 0.29) is 0 Å². The van der Waals surface area contributed by atoms with E-state index >= 15 is 0 Å². The van der Waals surface area contributed by atoms with E-state index in [1.54, 1.807) is 0 Å². The number of benzene rings is 1. The molecule has 1 N–H and O–H groups in total. The number of para-hydroxylation sites is 1. The standard InChI is InChI=1S/C17H23N3/c1-4-18-12-16(14(2)3)10-15-11-19-20(13-15)17-8-6-5-7-9-17/h5-11,13-14,18H,4,12H2,1-3H3. The molecular weight excluding hydrogens is 246 g/mol. The summed E-state index contributed by atoms with van der Waals surface area (Å²) in [5, 5.41) is 7.82. The lowest BCUT2D eigenvalue weighted by Gasteiger charge is -2.11. The number of hydrogen-bond acceptors (Lipinski definition) is 2. The Hall–Kier alpha value is -1.87. The summed E-state index contributed by atoms with van der Waals surface area (Å²) in [6, 6.07) is 10.2. The van der Waals surface area contributed by atoms with Gasteiger partial charge < -0.3 is 5.32 Å². The largest absolute Gasteiger partial charge is 0.313 e. The number of rotatable bonds is 6. The summed E-state index contributed by atoms with van der Waals surface area (Å²) >= 11 is 0. The number of aromatic nitrogens is 2. The Morgan fingerprint density at radius 2 is 2.05 bits per heavy atom. The highest BCUT2D eigenvalue weighted by Gasteiger charge is 2.04. The van der Waals surface area contributed by atoms with E-state index < -0.39 is 0 Å². The molecule has 0 unspecified atom stereocenters. The van der Waals surface area contributed by atoms with Gasteiger partial charge in [0.15, 0.2) is 0 Å². The normalized spacial score (nSPS) is 12.1. The molecule has 3 nitrogen and oxygen atoms in total. The van der Waals surface area contributed by atoms with Crippen LogP contribution in [0.2, 0.25) is 0 Å². The molecular formula is C17H23N3. The van der Waals surface area contributed by atoms with Crippen molar-refractivity contribution in [3.05, 3.63) is 53.9 Å². The van der Waals surface area contributed by atoms with E-state index in [2.05, 4.69) is 55.6 Å². The van der Waals surface area contributed by atoms with Crippen LogP contribution in [0.3, 0.4) is 0 Å². The lowest BCUT2D eigenvalue weighted by Crippen LogP contribution is -2.18. The molecule has 0 atom stereocenters. The highest BCUT2D eigenvalue weighted by Crippen LogP contribution is 2.15. The molecule has 20 heavy (non-hydrogen) atoms. The average molecular weight is 269 g/mol. The molecule has 0 saturated heterocycles. The van der Waals surface area contributed by atoms with Crippen LogP contribution in [0.4, 0.5) is 0 Å². The lowest BCUT2D eigenvalue weighted by atomic mass is 10.0. The van der Waals surface area contributed by atoms with Crippen molar-refractivity contribution < 1.29 is 0 Å². The molecule has 1 heterocycles. The van der Waals surface area contributed by atoms with Crippen LogP contribution in [0.25, 0.3) is 11.8 Å². The maximum absolute atomic E-state index is 4.43. The van der Waals surface area contributed by atoms with Crippen LogP contribution < -0.4 is 5.32 Å². The van der Waals surface area contributed by atoms with Gasteiger partial charge in [0.05, 0.1) is 11.9 Å². The Kier molecular flexibility index (Phi) is 5.13. The first-order valence-corrected chi connectivity index (χ1v) is 7.22. The zero-order valence-corrected chi connectivity index (χ0v) is 12.5. The maximum Gasteiger partial charge on any atom is 0.0645 e. The zero-order valence-electron chi connectivity index (χ0n) is 12.5. The van der Waals surface area contributed by atoms with E-state index in [0.29, 0.717) is 5.92 Å². The Bertz CT molecular complexity index is 553. The third kappa shape index (κ3) is 3.81. The predicted molar refractivity (Wildman–Crippen MR) is 84.9 cm³/mol. The van der Waals surface area contributed by atoms with Gasteiger partial charge >= 0.3 is 0 Å². The van der Waals surface area contributed by atoms with Gasteiger partial charge in [-0.1, -0.05) is 50.6 Å². The summed E-state index contributed by atoms with van der Waals surface area (Å²) in [6.07, 6.45) is 6.23. The van der Waals surface area contributed by atoms with Crippen molar-refractivity contribution in [3.8, 4) is 5.69 Å². The van der Waals surface area contributed by atoms with E-state index in [1.807, 2.05) is 29.1 Å². The summed E-state index contributed by atoms with van der Waals surface area (Å²) in [6.45, 7) is 8.51. The predicted octanol–water partition coefficient (Wildman–Crippen LogP) is 3.52. The third-order valence-electron chi connectivity index (χ3n) is 3.30. The van der Waals surface area contributed by atoms with Crippen molar-refractivity contribution in [2.24, 2.45) is 5.92 Å². The van der Waals surface area contributed by atoms with Crippen molar-refractivity contribution in [3.63, 3.8) is 0 Å². The maximum atomic E-state index is 4.43. The molecule has 0 spiro atoms. The van der Waals surface area contributed by atoms with E-state index in [1.165, 1.54) is 5.57 Å². The quantitative estimate of drug-likeness (QED) is 0.869. The molecule has 0 fully saturated rings. The van der Waals surface area contributed by atoms with Crippen LogP contribution >= 0.6 is 0 Å². The average Bonchev–Trinajstić information content (AvgIpc) is 2.92. The van der Waals surface area contributed by atoms with Crippen molar-refractivity contribution in [2.75, 3.05) is 13.1 Å². The molecule has 106 valence electrons. The Balaban J connectivity index is 2.19. The van der Waals surface area contributed by atoms with Gasteiger partial charge in [0.1, 0.15) is 0 Å². The van der Waals surface area contributed by atoms with Gasteiger partial charge in [-0.3, -0.25) is 0 Å². The summed E-state index contributed by atoms with van der Waals surface area (Å²) < 4.78 is 1.91. The SMILES string of the molecule is CCNCC(=Cc1cnn(-c2ccccc2)c1)C(C)C. The molecule has 0 saturated carbocycles. The first kappa shape index (κ1) is 14.5. The van der Waals surface area contributed by atoms with Crippen LogP contribution in [-0.2, 0) is 0 Å². The smallest absolute Gasteiger partial charge is 0.0645 e. The minimum atomic E-state index is 0.536. The summed E-state index contributed by atoms with van der Waals surface area (Å²) in [7, 11) is 0. The van der Waals surface area contributed by atoms with E-state index in [9.17, 15) is 0 Å². The lowest BCUT2D eigenvalue weighted by molar-refractivity contribution is 0.682. The van der Waals surface area contributed by atoms with Crippen LogP contribution in [0.5, 0.6) is 0 Å². The van der Waals surface area contributed by atoms with Gasteiger partial charge in [-0.2, -0.15) is 5.10 Å². The van der Waals surface area contributed by atoms with Crippen molar-refractivity contribution in [1.82, 2.24) is 15.1 Å². The van der Waals surface area contributed by atoms with Gasteiger partial charge in [-0.05, 0) is 24.6 Å². The molecule has 3 heteroatoms. The fraction of sp³-hybridized carbons (Fsp3) is 0.353. The van der Waals surface area contributed by atoms with Gasteiger partial charge in [-0.25, -0.2) is 4.68 Å². The molecule has 0 bridgehead atoms. The Labute approximate surface area is 121 Å². The number of nitrogens with one attached hydrogen (secondary N) is 1. The van der Waals surface area contributed by atoms with E-state index in [4.69, 9.17) is 0 Å². The topological polar surface area (TPSA) is 29.9 Å². The first-order chi connectivity index (χ1) is 9.70. The fourth-order valence-electron chi connectivity index (χ4n) is 2.04. The number of hydrogen-bond donors (Lipinski definition) is 1.